The third kappa shape index (κ3) is 4.04. The smallest absolute Gasteiger partial charge is 0.326 e. The molecule has 1 aliphatic rings. The summed E-state index contributed by atoms with van der Waals surface area (Å²) in [5, 5.41) is 9.21. The van der Waals surface area contributed by atoms with Gasteiger partial charge in [-0.15, -0.1) is 0 Å². The van der Waals surface area contributed by atoms with Crippen molar-refractivity contribution in [1.29, 1.82) is 0 Å². The van der Waals surface area contributed by atoms with Crippen LogP contribution in [0.1, 0.15) is 31.2 Å². The van der Waals surface area contributed by atoms with Crippen LogP contribution >= 0.6 is 0 Å². The first kappa shape index (κ1) is 15.5. The average Bonchev–Trinajstić information content (AvgIpc) is 2.52. The van der Waals surface area contributed by atoms with Crippen molar-refractivity contribution in [1.82, 2.24) is 4.90 Å². The number of carbonyl (C=O) groups excluding carboxylic acids is 1. The molecule has 1 aliphatic heterocycles. The van der Waals surface area contributed by atoms with Gasteiger partial charge in [0.15, 0.2) is 0 Å². The first-order chi connectivity index (χ1) is 10.1. The first-order valence-electron chi connectivity index (χ1n) is 7.42. The zero-order valence-corrected chi connectivity index (χ0v) is 12.1. The predicted octanol–water partition coefficient (Wildman–Crippen LogP) is 1.41. The maximum Gasteiger partial charge on any atom is 0.326 e. The summed E-state index contributed by atoms with van der Waals surface area (Å²) in [5.41, 5.74) is 7.11. The van der Waals surface area contributed by atoms with E-state index >= 15 is 0 Å². The predicted molar refractivity (Wildman–Crippen MR) is 79.7 cm³/mol. The van der Waals surface area contributed by atoms with Crippen molar-refractivity contribution in [3.63, 3.8) is 0 Å². The zero-order valence-electron chi connectivity index (χ0n) is 12.1. The van der Waals surface area contributed by atoms with Gasteiger partial charge in [-0.25, -0.2) is 4.79 Å². The molecule has 0 aliphatic carbocycles. The van der Waals surface area contributed by atoms with Crippen LogP contribution in [0, 0.1) is 0 Å². The Labute approximate surface area is 124 Å². The third-order valence-corrected chi connectivity index (χ3v) is 3.97. The lowest BCUT2D eigenvalue weighted by atomic mass is 9.99. The summed E-state index contributed by atoms with van der Waals surface area (Å²) in [4.78, 5) is 25.1. The topological polar surface area (TPSA) is 83.6 Å². The van der Waals surface area contributed by atoms with Crippen LogP contribution < -0.4 is 5.73 Å². The van der Waals surface area contributed by atoms with Crippen LogP contribution in [0.4, 0.5) is 0 Å². The van der Waals surface area contributed by atoms with E-state index in [4.69, 9.17) is 5.73 Å². The van der Waals surface area contributed by atoms with E-state index in [0.29, 0.717) is 19.4 Å². The molecule has 5 heteroatoms. The second-order valence-electron chi connectivity index (χ2n) is 5.51. The highest BCUT2D eigenvalue weighted by atomic mass is 16.4. The minimum Gasteiger partial charge on any atom is -0.480 e. The van der Waals surface area contributed by atoms with Gasteiger partial charge in [0.25, 0.3) is 0 Å². The van der Waals surface area contributed by atoms with Crippen LogP contribution in [0.2, 0.25) is 0 Å². The highest BCUT2D eigenvalue weighted by molar-refractivity contribution is 5.87. The minimum absolute atomic E-state index is 0.238. The Kier molecular flexibility index (Phi) is 5.33. The number of piperidine rings is 1. The number of aliphatic carboxylic acids is 1. The van der Waals surface area contributed by atoms with E-state index in [2.05, 4.69) is 0 Å². The van der Waals surface area contributed by atoms with Crippen LogP contribution in [-0.4, -0.2) is 40.5 Å². The Morgan fingerprint density at radius 1 is 1.29 bits per heavy atom. The number of rotatable bonds is 5. The van der Waals surface area contributed by atoms with Crippen molar-refractivity contribution in [2.45, 2.75) is 44.2 Å². The van der Waals surface area contributed by atoms with Crippen molar-refractivity contribution in [3.05, 3.63) is 35.9 Å². The number of benzene rings is 1. The van der Waals surface area contributed by atoms with Crippen LogP contribution in [-0.2, 0) is 16.0 Å². The van der Waals surface area contributed by atoms with E-state index in [0.717, 1.165) is 24.8 Å². The molecule has 0 spiro atoms. The van der Waals surface area contributed by atoms with Gasteiger partial charge in [0.2, 0.25) is 5.91 Å². The maximum absolute atomic E-state index is 12.4. The van der Waals surface area contributed by atoms with Gasteiger partial charge in [-0.2, -0.15) is 0 Å². The van der Waals surface area contributed by atoms with Crippen LogP contribution in [0.25, 0.3) is 0 Å². The van der Waals surface area contributed by atoms with Gasteiger partial charge >= 0.3 is 5.97 Å². The summed E-state index contributed by atoms with van der Waals surface area (Å²) in [5.74, 6) is -1.17. The van der Waals surface area contributed by atoms with Crippen molar-refractivity contribution < 1.29 is 14.7 Å². The van der Waals surface area contributed by atoms with Gasteiger partial charge < -0.3 is 15.7 Å². The molecule has 0 aromatic heterocycles. The molecule has 3 N–H and O–H groups in total. The number of likely N-dealkylation sites (tertiary alicyclic amines) is 1. The number of carbonyl (C=O) groups is 2. The molecule has 0 radical (unpaired) electrons. The molecule has 0 saturated carbocycles. The van der Waals surface area contributed by atoms with Crippen molar-refractivity contribution >= 4 is 11.9 Å². The number of nitrogens with zero attached hydrogens (tertiary/aromatic N) is 1. The Balaban J connectivity index is 1.93. The van der Waals surface area contributed by atoms with E-state index in [1.54, 1.807) is 0 Å². The first-order valence-corrected chi connectivity index (χ1v) is 7.42. The SMILES string of the molecule is N[C@@H](CCc1ccccc1)C(=O)N1CCCC[C@H]1C(=O)O. The number of amides is 1. The lowest BCUT2D eigenvalue weighted by Crippen LogP contribution is -2.53. The van der Waals surface area contributed by atoms with E-state index in [9.17, 15) is 14.7 Å². The van der Waals surface area contributed by atoms with Crippen molar-refractivity contribution in [3.8, 4) is 0 Å². The average molecular weight is 290 g/mol. The number of hydrogen-bond donors (Lipinski definition) is 2. The fraction of sp³-hybridized carbons (Fsp3) is 0.500. The molecule has 114 valence electrons. The van der Waals surface area contributed by atoms with E-state index in [-0.39, 0.29) is 5.91 Å². The zero-order chi connectivity index (χ0) is 15.2. The monoisotopic (exact) mass is 290 g/mol. The number of nitrogens with two attached hydrogens (primary N) is 1. The molecular weight excluding hydrogens is 268 g/mol. The summed E-state index contributed by atoms with van der Waals surface area (Å²) in [7, 11) is 0. The molecular formula is C16H22N2O3. The highest BCUT2D eigenvalue weighted by Gasteiger charge is 2.33. The van der Waals surface area contributed by atoms with Gasteiger partial charge in [-0.05, 0) is 37.7 Å². The van der Waals surface area contributed by atoms with Gasteiger partial charge in [-0.1, -0.05) is 30.3 Å². The van der Waals surface area contributed by atoms with Crippen molar-refractivity contribution in [2.24, 2.45) is 5.73 Å². The fourth-order valence-electron chi connectivity index (χ4n) is 2.76. The summed E-state index contributed by atoms with van der Waals surface area (Å²) in [6.07, 6.45) is 3.47. The minimum atomic E-state index is -0.932. The summed E-state index contributed by atoms with van der Waals surface area (Å²) < 4.78 is 0. The number of aryl methyl sites for hydroxylation is 1. The third-order valence-electron chi connectivity index (χ3n) is 3.97. The fourth-order valence-corrected chi connectivity index (χ4v) is 2.76. The number of hydrogen-bond acceptors (Lipinski definition) is 3. The quantitative estimate of drug-likeness (QED) is 0.859. The molecule has 21 heavy (non-hydrogen) atoms. The Bertz CT molecular complexity index is 490. The molecule has 1 amide bonds. The summed E-state index contributed by atoms with van der Waals surface area (Å²) >= 11 is 0. The van der Waals surface area contributed by atoms with E-state index in [1.807, 2.05) is 30.3 Å². The number of carboxylic acids is 1. The van der Waals surface area contributed by atoms with Gasteiger partial charge in [-0.3, -0.25) is 4.79 Å². The maximum atomic E-state index is 12.4. The molecule has 2 rings (SSSR count). The molecule has 1 heterocycles. The lowest BCUT2D eigenvalue weighted by molar-refractivity contribution is -0.152. The molecule has 0 bridgehead atoms. The second kappa shape index (κ2) is 7.22. The van der Waals surface area contributed by atoms with E-state index < -0.39 is 18.1 Å². The van der Waals surface area contributed by atoms with Crippen molar-refractivity contribution in [2.75, 3.05) is 6.54 Å². The largest absolute Gasteiger partial charge is 0.480 e. The highest BCUT2D eigenvalue weighted by Crippen LogP contribution is 2.19. The van der Waals surface area contributed by atoms with E-state index in [1.165, 1.54) is 4.90 Å². The van der Waals surface area contributed by atoms with Gasteiger partial charge in [0, 0.05) is 6.54 Å². The molecule has 1 saturated heterocycles. The summed E-state index contributed by atoms with van der Waals surface area (Å²) in [6.45, 7) is 0.495. The van der Waals surface area contributed by atoms with Crippen LogP contribution in [0.3, 0.4) is 0 Å². The molecule has 1 aromatic carbocycles. The van der Waals surface area contributed by atoms with Gasteiger partial charge in [0.05, 0.1) is 6.04 Å². The molecule has 1 fully saturated rings. The van der Waals surface area contributed by atoms with Gasteiger partial charge in [0.1, 0.15) is 6.04 Å². The lowest BCUT2D eigenvalue weighted by Gasteiger charge is -2.34. The normalized spacial score (nSPS) is 20.0. The Morgan fingerprint density at radius 2 is 2.00 bits per heavy atom. The summed E-state index contributed by atoms with van der Waals surface area (Å²) in [6, 6.07) is 8.50. The Morgan fingerprint density at radius 3 is 2.67 bits per heavy atom. The second-order valence-corrected chi connectivity index (χ2v) is 5.51. The molecule has 2 atom stereocenters. The molecule has 5 nitrogen and oxygen atoms in total. The molecule has 0 unspecified atom stereocenters. The number of carboxylic acid groups (broad SMARTS) is 1. The molecule has 1 aromatic rings. The Hall–Kier alpha value is -1.88. The van der Waals surface area contributed by atoms with Crippen LogP contribution in [0.5, 0.6) is 0 Å². The standard InChI is InChI=1S/C16H22N2O3/c17-13(10-9-12-6-2-1-3-7-12)15(19)18-11-5-4-8-14(18)16(20)21/h1-3,6-7,13-14H,4-5,8-11,17H2,(H,20,21)/t13-,14-/m0/s1. The van der Waals surface area contributed by atoms with Crippen LogP contribution in [0.15, 0.2) is 30.3 Å².